The Morgan fingerprint density at radius 3 is 2.95 bits per heavy atom. The number of nitrogens with one attached hydrogen (secondary N) is 1. The van der Waals surface area contributed by atoms with Gasteiger partial charge in [-0.1, -0.05) is 13.8 Å². The van der Waals surface area contributed by atoms with Crippen LogP contribution in [0.3, 0.4) is 0 Å². The van der Waals surface area contributed by atoms with Crippen LogP contribution in [0.4, 0.5) is 0 Å². The van der Waals surface area contributed by atoms with Gasteiger partial charge in [-0.15, -0.1) is 0 Å². The molecule has 1 saturated heterocycles. The summed E-state index contributed by atoms with van der Waals surface area (Å²) in [5.74, 6) is 0.687. The van der Waals surface area contributed by atoms with Gasteiger partial charge in [-0.3, -0.25) is 4.98 Å². The standard InChI is InChI=1S/C18H28N2O/c1-3-14-13-19-10-6-16(14)17(20-4-2)15-7-11-21-18(12-15)8-5-9-18/h6,10,13,15,17,20H,3-5,7-9,11-12H2,1-2H3. The maximum Gasteiger partial charge on any atom is 0.0686 e. The lowest BCUT2D eigenvalue weighted by Crippen LogP contribution is -2.48. The number of aromatic nitrogens is 1. The van der Waals surface area contributed by atoms with Crippen LogP contribution in [0.1, 0.15) is 63.1 Å². The second kappa shape index (κ2) is 6.45. The number of ether oxygens (including phenoxy) is 1. The van der Waals surface area contributed by atoms with E-state index < -0.39 is 0 Å². The summed E-state index contributed by atoms with van der Waals surface area (Å²) >= 11 is 0. The summed E-state index contributed by atoms with van der Waals surface area (Å²) < 4.78 is 6.11. The van der Waals surface area contributed by atoms with Gasteiger partial charge >= 0.3 is 0 Å². The fraction of sp³-hybridized carbons (Fsp3) is 0.722. The Morgan fingerprint density at radius 2 is 2.29 bits per heavy atom. The summed E-state index contributed by atoms with van der Waals surface area (Å²) in [6, 6.07) is 2.67. The predicted molar refractivity (Wildman–Crippen MR) is 85.3 cm³/mol. The quantitative estimate of drug-likeness (QED) is 0.898. The van der Waals surface area contributed by atoms with Gasteiger partial charge in [0.25, 0.3) is 0 Å². The van der Waals surface area contributed by atoms with Gasteiger partial charge < -0.3 is 10.1 Å². The van der Waals surface area contributed by atoms with Gasteiger partial charge in [0, 0.05) is 25.0 Å². The molecule has 3 heteroatoms. The highest BCUT2D eigenvalue weighted by Gasteiger charge is 2.44. The van der Waals surface area contributed by atoms with E-state index in [4.69, 9.17) is 4.74 Å². The molecule has 2 heterocycles. The van der Waals surface area contributed by atoms with Crippen LogP contribution < -0.4 is 5.32 Å². The maximum absolute atomic E-state index is 6.11. The van der Waals surface area contributed by atoms with Crippen LogP contribution in [-0.2, 0) is 11.2 Å². The third-order valence-electron chi connectivity index (χ3n) is 5.35. The molecule has 3 nitrogen and oxygen atoms in total. The zero-order valence-electron chi connectivity index (χ0n) is 13.4. The Balaban J connectivity index is 1.83. The predicted octanol–water partition coefficient (Wildman–Crippen LogP) is 3.64. The summed E-state index contributed by atoms with van der Waals surface area (Å²) in [7, 11) is 0. The van der Waals surface area contributed by atoms with Crippen LogP contribution in [0.25, 0.3) is 0 Å². The Kier molecular flexibility index (Phi) is 4.60. The number of aryl methyl sites for hydroxylation is 1. The highest BCUT2D eigenvalue weighted by Crippen LogP contribution is 2.47. The van der Waals surface area contributed by atoms with Crippen molar-refractivity contribution in [2.24, 2.45) is 5.92 Å². The number of hydrogen-bond donors (Lipinski definition) is 1. The summed E-state index contributed by atoms with van der Waals surface area (Å²) in [4.78, 5) is 4.31. The number of nitrogens with zero attached hydrogens (tertiary/aromatic N) is 1. The summed E-state index contributed by atoms with van der Waals surface area (Å²) in [6.45, 7) is 6.37. The van der Waals surface area contributed by atoms with Crippen molar-refractivity contribution in [1.29, 1.82) is 0 Å². The first-order chi connectivity index (χ1) is 10.3. The van der Waals surface area contributed by atoms with Crippen molar-refractivity contribution in [1.82, 2.24) is 10.3 Å². The largest absolute Gasteiger partial charge is 0.375 e. The Labute approximate surface area is 128 Å². The molecule has 1 N–H and O–H groups in total. The molecule has 2 aliphatic rings. The molecule has 1 aromatic heterocycles. The lowest BCUT2D eigenvalue weighted by Gasteiger charge is -2.49. The Hall–Kier alpha value is -0.930. The van der Waals surface area contributed by atoms with Crippen molar-refractivity contribution in [3.8, 4) is 0 Å². The molecule has 1 aliphatic heterocycles. The van der Waals surface area contributed by atoms with Crippen molar-refractivity contribution in [3.63, 3.8) is 0 Å². The van der Waals surface area contributed by atoms with Crippen LogP contribution >= 0.6 is 0 Å². The summed E-state index contributed by atoms with van der Waals surface area (Å²) in [5.41, 5.74) is 3.06. The minimum atomic E-state index is 0.218. The van der Waals surface area contributed by atoms with E-state index in [1.807, 2.05) is 12.4 Å². The average molecular weight is 288 g/mol. The molecule has 2 atom stereocenters. The van der Waals surface area contributed by atoms with E-state index in [2.05, 4.69) is 30.2 Å². The lowest BCUT2D eigenvalue weighted by atomic mass is 9.69. The van der Waals surface area contributed by atoms with Crippen molar-refractivity contribution >= 4 is 0 Å². The topological polar surface area (TPSA) is 34.2 Å². The van der Waals surface area contributed by atoms with Gasteiger partial charge in [-0.25, -0.2) is 0 Å². The van der Waals surface area contributed by atoms with E-state index in [1.54, 1.807) is 0 Å². The zero-order chi connectivity index (χ0) is 14.7. The molecular formula is C18H28N2O. The minimum absolute atomic E-state index is 0.218. The molecule has 0 aromatic carbocycles. The molecule has 21 heavy (non-hydrogen) atoms. The first-order valence-electron chi connectivity index (χ1n) is 8.58. The van der Waals surface area contributed by atoms with Crippen molar-refractivity contribution in [3.05, 3.63) is 29.6 Å². The van der Waals surface area contributed by atoms with Crippen LogP contribution in [0.2, 0.25) is 0 Å². The normalized spacial score (nSPS) is 25.5. The zero-order valence-corrected chi connectivity index (χ0v) is 13.4. The van der Waals surface area contributed by atoms with E-state index in [0.717, 1.165) is 19.6 Å². The third-order valence-corrected chi connectivity index (χ3v) is 5.35. The van der Waals surface area contributed by atoms with Crippen molar-refractivity contribution < 1.29 is 4.74 Å². The molecule has 116 valence electrons. The van der Waals surface area contributed by atoms with E-state index in [9.17, 15) is 0 Å². The van der Waals surface area contributed by atoms with E-state index in [1.165, 1.54) is 43.2 Å². The molecule has 1 spiro atoms. The second-order valence-corrected chi connectivity index (χ2v) is 6.60. The SMILES string of the molecule is CCNC(c1ccncc1CC)C1CCOC2(CCC2)C1. The lowest BCUT2D eigenvalue weighted by molar-refractivity contribution is -0.147. The highest BCUT2D eigenvalue weighted by molar-refractivity contribution is 5.28. The van der Waals surface area contributed by atoms with Gasteiger partial charge in [-0.2, -0.15) is 0 Å². The van der Waals surface area contributed by atoms with Crippen LogP contribution in [-0.4, -0.2) is 23.7 Å². The molecule has 0 radical (unpaired) electrons. The fourth-order valence-corrected chi connectivity index (χ4v) is 4.06. The molecule has 2 fully saturated rings. The van der Waals surface area contributed by atoms with Crippen LogP contribution in [0.5, 0.6) is 0 Å². The summed E-state index contributed by atoms with van der Waals surface area (Å²) in [6.07, 6.45) is 11.3. The minimum Gasteiger partial charge on any atom is -0.375 e. The molecule has 0 amide bonds. The maximum atomic E-state index is 6.11. The van der Waals surface area contributed by atoms with E-state index in [0.29, 0.717) is 12.0 Å². The average Bonchev–Trinajstić information content (AvgIpc) is 2.51. The Bertz CT molecular complexity index is 470. The molecule has 1 aliphatic carbocycles. The molecular weight excluding hydrogens is 260 g/mol. The third kappa shape index (κ3) is 3.00. The van der Waals surface area contributed by atoms with Crippen LogP contribution in [0.15, 0.2) is 18.5 Å². The second-order valence-electron chi connectivity index (χ2n) is 6.60. The first-order valence-corrected chi connectivity index (χ1v) is 8.58. The monoisotopic (exact) mass is 288 g/mol. The van der Waals surface area contributed by atoms with Gasteiger partial charge in [0.2, 0.25) is 0 Å². The van der Waals surface area contributed by atoms with E-state index in [-0.39, 0.29) is 5.60 Å². The fourth-order valence-electron chi connectivity index (χ4n) is 4.06. The van der Waals surface area contributed by atoms with Crippen molar-refractivity contribution in [2.75, 3.05) is 13.2 Å². The molecule has 1 aromatic rings. The number of hydrogen-bond acceptors (Lipinski definition) is 3. The van der Waals surface area contributed by atoms with Crippen LogP contribution in [0, 0.1) is 5.92 Å². The highest BCUT2D eigenvalue weighted by atomic mass is 16.5. The first kappa shape index (κ1) is 15.0. The van der Waals surface area contributed by atoms with Gasteiger partial charge in [-0.05, 0) is 68.2 Å². The van der Waals surface area contributed by atoms with Crippen molar-refractivity contribution in [2.45, 2.75) is 64.0 Å². The van der Waals surface area contributed by atoms with Gasteiger partial charge in [0.05, 0.1) is 5.60 Å². The molecule has 3 rings (SSSR count). The summed E-state index contributed by atoms with van der Waals surface area (Å²) in [5, 5.41) is 3.75. The van der Waals surface area contributed by atoms with E-state index >= 15 is 0 Å². The van der Waals surface area contributed by atoms with Gasteiger partial charge in [0.15, 0.2) is 0 Å². The Morgan fingerprint density at radius 1 is 1.43 bits per heavy atom. The number of pyridine rings is 1. The smallest absolute Gasteiger partial charge is 0.0686 e. The molecule has 0 bridgehead atoms. The molecule has 1 saturated carbocycles. The molecule has 2 unspecified atom stereocenters. The van der Waals surface area contributed by atoms with Gasteiger partial charge in [0.1, 0.15) is 0 Å². The number of rotatable bonds is 5.